The Bertz CT molecular complexity index is 518. The van der Waals surface area contributed by atoms with Crippen LogP contribution in [0.15, 0.2) is 40.9 Å². The third kappa shape index (κ3) is 9.13. The van der Waals surface area contributed by atoms with Gasteiger partial charge in [0.25, 0.3) is 0 Å². The van der Waals surface area contributed by atoms with Crippen LogP contribution in [0.25, 0.3) is 0 Å². The molecule has 0 unspecified atom stereocenters. The summed E-state index contributed by atoms with van der Waals surface area (Å²) in [6.07, 6.45) is 8.37. The molecule has 0 saturated carbocycles. The predicted octanol–water partition coefficient (Wildman–Crippen LogP) is 5.11. The molecule has 0 saturated heterocycles. The minimum absolute atomic E-state index is 0.747. The van der Waals surface area contributed by atoms with Crippen LogP contribution in [0.5, 0.6) is 0 Å². The van der Waals surface area contributed by atoms with Crippen LogP contribution in [0.1, 0.15) is 46.6 Å². The van der Waals surface area contributed by atoms with E-state index >= 15 is 0 Å². The monoisotopic (exact) mass is 330 g/mol. The van der Waals surface area contributed by atoms with Crippen molar-refractivity contribution in [2.75, 3.05) is 30.3 Å². The number of anilines is 2. The second-order valence-electron chi connectivity index (χ2n) is 5.20. The van der Waals surface area contributed by atoms with Gasteiger partial charge >= 0.3 is 0 Å². The van der Waals surface area contributed by atoms with Crippen molar-refractivity contribution in [3.63, 3.8) is 0 Å². The molecule has 0 aliphatic carbocycles. The summed E-state index contributed by atoms with van der Waals surface area (Å²) in [5.41, 5.74) is 2.66. The standard InChI is InChI=1S/C13H19N3.C5H9N.C2H6/c1-3-10(2)9-15-12-7-6-11-5-4-8-14-13(11)16-12;1-3-4-5-6-2;1-2/h3,6-7H,4-5,8-9H2,1-2H3,(H2,14,15,16);3-4H,2,5H2,1H3;1-2H3/b10-3+;;. The van der Waals surface area contributed by atoms with Gasteiger partial charge in [-0.1, -0.05) is 43.7 Å². The molecule has 1 aliphatic rings. The molecule has 0 atom stereocenters. The highest BCUT2D eigenvalue weighted by Crippen LogP contribution is 2.21. The van der Waals surface area contributed by atoms with Gasteiger partial charge in [0.1, 0.15) is 11.6 Å². The maximum Gasteiger partial charge on any atom is 0.131 e. The molecule has 0 fully saturated rings. The summed E-state index contributed by atoms with van der Waals surface area (Å²) in [5, 5.41) is 6.66. The van der Waals surface area contributed by atoms with Crippen molar-refractivity contribution in [3.05, 3.63) is 41.5 Å². The number of fused-ring (bicyclic) bond motifs is 1. The summed E-state index contributed by atoms with van der Waals surface area (Å²) in [7, 11) is 0. The molecular weight excluding hydrogens is 296 g/mol. The van der Waals surface area contributed by atoms with Crippen LogP contribution in [0, 0.1) is 0 Å². The average Bonchev–Trinajstić information content (AvgIpc) is 2.66. The highest BCUT2D eigenvalue weighted by molar-refractivity contribution is 5.53. The van der Waals surface area contributed by atoms with Crippen molar-refractivity contribution in [2.45, 2.75) is 47.5 Å². The highest BCUT2D eigenvalue weighted by Gasteiger charge is 2.09. The summed E-state index contributed by atoms with van der Waals surface area (Å²) in [6, 6.07) is 4.23. The largest absolute Gasteiger partial charge is 0.370 e. The molecule has 1 aliphatic heterocycles. The Morgan fingerprint density at radius 1 is 1.38 bits per heavy atom. The van der Waals surface area contributed by atoms with Crippen molar-refractivity contribution >= 4 is 18.4 Å². The lowest BCUT2D eigenvalue weighted by Crippen LogP contribution is -2.14. The molecule has 24 heavy (non-hydrogen) atoms. The fourth-order valence-electron chi connectivity index (χ4n) is 1.94. The van der Waals surface area contributed by atoms with Gasteiger partial charge in [0, 0.05) is 13.1 Å². The molecule has 0 spiro atoms. The fourth-order valence-corrected chi connectivity index (χ4v) is 1.94. The number of allylic oxidation sites excluding steroid dienone is 2. The number of aromatic nitrogens is 1. The van der Waals surface area contributed by atoms with E-state index in [-0.39, 0.29) is 0 Å². The average molecular weight is 331 g/mol. The van der Waals surface area contributed by atoms with Gasteiger partial charge in [0.05, 0.1) is 6.54 Å². The Balaban J connectivity index is 0.000000563. The number of aryl methyl sites for hydroxylation is 1. The molecule has 0 aromatic carbocycles. The van der Waals surface area contributed by atoms with E-state index in [2.05, 4.69) is 59.4 Å². The van der Waals surface area contributed by atoms with E-state index in [0.29, 0.717) is 0 Å². The van der Waals surface area contributed by atoms with Crippen LogP contribution in [0.2, 0.25) is 0 Å². The first kappa shape index (κ1) is 21.9. The quantitative estimate of drug-likeness (QED) is 0.583. The molecule has 0 amide bonds. The Morgan fingerprint density at radius 2 is 2.12 bits per heavy atom. The van der Waals surface area contributed by atoms with E-state index in [9.17, 15) is 0 Å². The first-order valence-corrected chi connectivity index (χ1v) is 8.84. The van der Waals surface area contributed by atoms with E-state index in [4.69, 9.17) is 0 Å². The first-order chi connectivity index (χ1) is 11.7. The molecule has 0 bridgehead atoms. The number of hydrogen-bond acceptors (Lipinski definition) is 4. The van der Waals surface area contributed by atoms with Gasteiger partial charge < -0.3 is 10.6 Å². The molecular formula is C20H34N4. The van der Waals surface area contributed by atoms with Crippen LogP contribution in [-0.2, 0) is 6.42 Å². The van der Waals surface area contributed by atoms with Crippen LogP contribution < -0.4 is 10.6 Å². The molecule has 2 rings (SSSR count). The van der Waals surface area contributed by atoms with Gasteiger partial charge in [0.2, 0.25) is 0 Å². The summed E-state index contributed by atoms with van der Waals surface area (Å²) >= 11 is 0. The predicted molar refractivity (Wildman–Crippen MR) is 110 cm³/mol. The van der Waals surface area contributed by atoms with Gasteiger partial charge in [-0.25, -0.2) is 4.98 Å². The zero-order chi connectivity index (χ0) is 18.2. The number of rotatable bonds is 5. The number of hydrogen-bond donors (Lipinski definition) is 2. The maximum absolute atomic E-state index is 4.57. The molecule has 2 heterocycles. The van der Waals surface area contributed by atoms with Gasteiger partial charge in [-0.05, 0) is 52.0 Å². The second kappa shape index (κ2) is 14.5. The van der Waals surface area contributed by atoms with Gasteiger partial charge in [-0.3, -0.25) is 4.99 Å². The Morgan fingerprint density at radius 3 is 2.71 bits per heavy atom. The lowest BCUT2D eigenvalue weighted by Gasteiger charge is -2.17. The lowest BCUT2D eigenvalue weighted by atomic mass is 10.1. The van der Waals surface area contributed by atoms with Gasteiger partial charge in [0.15, 0.2) is 0 Å². The Hall–Kier alpha value is -2.10. The van der Waals surface area contributed by atoms with Gasteiger partial charge in [-0.15, -0.1) is 0 Å². The van der Waals surface area contributed by atoms with Crippen LogP contribution in [-0.4, -0.2) is 31.3 Å². The molecule has 1 aromatic heterocycles. The van der Waals surface area contributed by atoms with Crippen LogP contribution >= 0.6 is 0 Å². The molecule has 4 nitrogen and oxygen atoms in total. The molecule has 4 heteroatoms. The minimum Gasteiger partial charge on any atom is -0.370 e. The van der Waals surface area contributed by atoms with Crippen molar-refractivity contribution in [2.24, 2.45) is 4.99 Å². The van der Waals surface area contributed by atoms with Crippen molar-refractivity contribution in [3.8, 4) is 0 Å². The van der Waals surface area contributed by atoms with Crippen LogP contribution in [0.3, 0.4) is 0 Å². The first-order valence-electron chi connectivity index (χ1n) is 8.84. The van der Waals surface area contributed by atoms with E-state index in [0.717, 1.165) is 37.7 Å². The molecule has 134 valence electrons. The van der Waals surface area contributed by atoms with Crippen LogP contribution in [0.4, 0.5) is 11.6 Å². The fraction of sp³-hybridized carbons (Fsp3) is 0.500. The smallest absolute Gasteiger partial charge is 0.131 e. The van der Waals surface area contributed by atoms with E-state index < -0.39 is 0 Å². The Kier molecular flexibility index (Phi) is 13.2. The number of nitrogens with zero attached hydrogens (tertiary/aromatic N) is 2. The number of nitrogens with one attached hydrogen (secondary N) is 2. The van der Waals surface area contributed by atoms with E-state index in [1.807, 2.05) is 32.9 Å². The topological polar surface area (TPSA) is 49.3 Å². The number of pyridine rings is 1. The van der Waals surface area contributed by atoms with Crippen molar-refractivity contribution < 1.29 is 0 Å². The number of aliphatic imine (C=N–C) groups is 1. The minimum atomic E-state index is 0.747. The second-order valence-corrected chi connectivity index (χ2v) is 5.20. The summed E-state index contributed by atoms with van der Waals surface area (Å²) < 4.78 is 0. The van der Waals surface area contributed by atoms with Crippen molar-refractivity contribution in [1.29, 1.82) is 0 Å². The molecule has 1 aromatic rings. The van der Waals surface area contributed by atoms with E-state index in [1.165, 1.54) is 17.6 Å². The Labute approximate surface area is 148 Å². The molecule has 2 N–H and O–H groups in total. The summed E-state index contributed by atoms with van der Waals surface area (Å²) in [4.78, 5) is 8.16. The zero-order valence-electron chi connectivity index (χ0n) is 16.0. The van der Waals surface area contributed by atoms with Crippen molar-refractivity contribution in [1.82, 2.24) is 4.98 Å². The van der Waals surface area contributed by atoms with E-state index in [1.54, 1.807) is 0 Å². The summed E-state index contributed by atoms with van der Waals surface area (Å²) in [5.74, 6) is 2.00. The lowest BCUT2D eigenvalue weighted by molar-refractivity contribution is 0.818. The SMILES string of the molecule is C/C=C(\C)CNc1ccc2c(n1)NCCC2.C=NCC=CC.CC. The molecule has 0 radical (unpaired) electrons. The summed E-state index contributed by atoms with van der Waals surface area (Å²) in [6.45, 7) is 16.1. The maximum atomic E-state index is 4.57. The normalized spacial score (nSPS) is 12.8. The van der Waals surface area contributed by atoms with Gasteiger partial charge in [-0.2, -0.15) is 0 Å². The third-order valence-corrected chi connectivity index (χ3v) is 3.41. The zero-order valence-corrected chi connectivity index (χ0v) is 16.0. The highest BCUT2D eigenvalue weighted by atomic mass is 15.1. The third-order valence-electron chi connectivity index (χ3n) is 3.41.